The summed E-state index contributed by atoms with van der Waals surface area (Å²) in [6.07, 6.45) is 1.19. The third-order valence-electron chi connectivity index (χ3n) is 6.59. The molecular formula is C26H33N3O3. The predicted octanol–water partition coefficient (Wildman–Crippen LogP) is 2.81. The molecule has 0 bridgehead atoms. The van der Waals surface area contributed by atoms with Crippen molar-refractivity contribution in [3.63, 3.8) is 0 Å². The van der Waals surface area contributed by atoms with Gasteiger partial charge >= 0.3 is 0 Å². The zero-order valence-electron chi connectivity index (χ0n) is 18.9. The molecule has 32 heavy (non-hydrogen) atoms. The fraction of sp³-hybridized carbons (Fsp3) is 0.462. The number of carbonyl (C=O) groups excluding carboxylic acids is 2. The normalized spacial score (nSPS) is 18.2. The third-order valence-corrected chi connectivity index (χ3v) is 6.59. The highest BCUT2D eigenvalue weighted by Gasteiger charge is 2.31. The first kappa shape index (κ1) is 22.5. The molecule has 0 atom stereocenters. The summed E-state index contributed by atoms with van der Waals surface area (Å²) in [7, 11) is 2.09. The van der Waals surface area contributed by atoms with E-state index in [9.17, 15) is 9.59 Å². The number of rotatable bonds is 6. The van der Waals surface area contributed by atoms with Gasteiger partial charge in [-0.1, -0.05) is 60.7 Å². The van der Waals surface area contributed by atoms with Gasteiger partial charge in [-0.25, -0.2) is 0 Å². The highest BCUT2D eigenvalue weighted by Crippen LogP contribution is 2.26. The van der Waals surface area contributed by atoms with Gasteiger partial charge in [0.1, 0.15) is 12.7 Å². The molecule has 2 aliphatic heterocycles. The Morgan fingerprint density at radius 2 is 1.34 bits per heavy atom. The Labute approximate surface area is 190 Å². The van der Waals surface area contributed by atoms with Gasteiger partial charge in [0.05, 0.1) is 0 Å². The van der Waals surface area contributed by atoms with Gasteiger partial charge < -0.3 is 19.4 Å². The molecule has 2 heterocycles. The predicted molar refractivity (Wildman–Crippen MR) is 124 cm³/mol. The van der Waals surface area contributed by atoms with E-state index in [0.717, 1.165) is 50.1 Å². The van der Waals surface area contributed by atoms with E-state index in [1.165, 1.54) is 0 Å². The number of piperazine rings is 1. The maximum atomic E-state index is 12.9. The maximum absolute atomic E-state index is 12.9. The SMILES string of the molecule is CN1CCN(C(=O)C2CCN(C(=O)COC(c3ccccc3)c3ccccc3)CC2)CC1. The van der Waals surface area contributed by atoms with Crippen LogP contribution in [0.4, 0.5) is 0 Å². The molecule has 2 aliphatic rings. The summed E-state index contributed by atoms with van der Waals surface area (Å²) < 4.78 is 6.14. The first-order valence-corrected chi connectivity index (χ1v) is 11.6. The van der Waals surface area contributed by atoms with Crippen molar-refractivity contribution in [2.45, 2.75) is 18.9 Å². The second kappa shape index (κ2) is 10.7. The quantitative estimate of drug-likeness (QED) is 0.700. The van der Waals surface area contributed by atoms with Gasteiger partial charge in [-0.2, -0.15) is 0 Å². The Bertz CT molecular complexity index is 834. The van der Waals surface area contributed by atoms with E-state index in [0.29, 0.717) is 13.1 Å². The smallest absolute Gasteiger partial charge is 0.248 e. The third kappa shape index (κ3) is 5.56. The lowest BCUT2D eigenvalue weighted by atomic mass is 9.95. The topological polar surface area (TPSA) is 53.1 Å². The fourth-order valence-corrected chi connectivity index (χ4v) is 4.55. The lowest BCUT2D eigenvalue weighted by molar-refractivity contribution is -0.144. The van der Waals surface area contributed by atoms with Crippen molar-refractivity contribution in [1.82, 2.24) is 14.7 Å². The molecule has 2 amide bonds. The second-order valence-electron chi connectivity index (χ2n) is 8.80. The molecule has 0 aromatic heterocycles. The average molecular weight is 436 g/mol. The van der Waals surface area contributed by atoms with E-state index >= 15 is 0 Å². The second-order valence-corrected chi connectivity index (χ2v) is 8.80. The number of hydrogen-bond donors (Lipinski definition) is 0. The molecular weight excluding hydrogens is 402 g/mol. The Morgan fingerprint density at radius 3 is 1.88 bits per heavy atom. The van der Waals surface area contributed by atoms with E-state index in [4.69, 9.17) is 4.74 Å². The number of carbonyl (C=O) groups is 2. The van der Waals surface area contributed by atoms with Crippen LogP contribution in [0.3, 0.4) is 0 Å². The molecule has 6 heteroatoms. The number of hydrogen-bond acceptors (Lipinski definition) is 4. The number of ether oxygens (including phenoxy) is 1. The first-order valence-electron chi connectivity index (χ1n) is 11.6. The molecule has 4 rings (SSSR count). The number of amides is 2. The standard InChI is InChI=1S/C26H33N3O3/c1-27-16-18-29(19-17-27)26(31)23-12-14-28(15-13-23)24(30)20-32-25(21-8-4-2-5-9-21)22-10-6-3-7-11-22/h2-11,23,25H,12-20H2,1H3. The van der Waals surface area contributed by atoms with Crippen LogP contribution >= 0.6 is 0 Å². The molecule has 170 valence electrons. The summed E-state index contributed by atoms with van der Waals surface area (Å²) in [6, 6.07) is 20.0. The lowest BCUT2D eigenvalue weighted by Gasteiger charge is -2.37. The summed E-state index contributed by atoms with van der Waals surface area (Å²) in [6.45, 7) is 4.76. The number of likely N-dealkylation sites (tertiary alicyclic amines) is 1. The monoisotopic (exact) mass is 435 g/mol. The van der Waals surface area contributed by atoms with Crippen molar-refractivity contribution in [3.8, 4) is 0 Å². The van der Waals surface area contributed by atoms with Crippen LogP contribution in [0.15, 0.2) is 60.7 Å². The van der Waals surface area contributed by atoms with Crippen LogP contribution in [-0.4, -0.2) is 79.4 Å². The van der Waals surface area contributed by atoms with E-state index < -0.39 is 0 Å². The summed E-state index contributed by atoms with van der Waals surface area (Å²) in [5.41, 5.74) is 2.06. The highest BCUT2D eigenvalue weighted by molar-refractivity contribution is 5.80. The van der Waals surface area contributed by atoms with Crippen molar-refractivity contribution < 1.29 is 14.3 Å². The van der Waals surface area contributed by atoms with Gasteiger partial charge in [0.25, 0.3) is 0 Å². The van der Waals surface area contributed by atoms with E-state index in [-0.39, 0.29) is 30.4 Å². The van der Waals surface area contributed by atoms with Crippen molar-refractivity contribution in [2.24, 2.45) is 5.92 Å². The average Bonchev–Trinajstić information content (AvgIpc) is 2.85. The van der Waals surface area contributed by atoms with Gasteiger partial charge in [0.2, 0.25) is 11.8 Å². The van der Waals surface area contributed by atoms with Crippen molar-refractivity contribution in [2.75, 3.05) is 52.9 Å². The Kier molecular flexibility index (Phi) is 7.55. The highest BCUT2D eigenvalue weighted by atomic mass is 16.5. The number of benzene rings is 2. The summed E-state index contributed by atoms with van der Waals surface area (Å²) in [5.74, 6) is 0.284. The lowest BCUT2D eigenvalue weighted by Crippen LogP contribution is -2.51. The summed E-state index contributed by atoms with van der Waals surface area (Å²) >= 11 is 0. The largest absolute Gasteiger partial charge is 0.359 e. The van der Waals surface area contributed by atoms with E-state index in [2.05, 4.69) is 11.9 Å². The van der Waals surface area contributed by atoms with Gasteiger partial charge in [0, 0.05) is 45.2 Å². The number of nitrogens with zero attached hydrogens (tertiary/aromatic N) is 3. The minimum atomic E-state index is -0.280. The Morgan fingerprint density at radius 1 is 0.812 bits per heavy atom. The van der Waals surface area contributed by atoms with Crippen LogP contribution in [0.2, 0.25) is 0 Å². The zero-order valence-corrected chi connectivity index (χ0v) is 18.9. The molecule has 0 spiro atoms. The van der Waals surface area contributed by atoms with Crippen LogP contribution < -0.4 is 0 Å². The molecule has 2 aromatic rings. The molecule has 2 fully saturated rings. The molecule has 0 saturated carbocycles. The van der Waals surface area contributed by atoms with Crippen molar-refractivity contribution in [1.29, 1.82) is 0 Å². The summed E-state index contributed by atoms with van der Waals surface area (Å²) in [4.78, 5) is 31.8. The molecule has 0 N–H and O–H groups in total. The van der Waals surface area contributed by atoms with Gasteiger partial charge in [-0.15, -0.1) is 0 Å². The van der Waals surface area contributed by atoms with Crippen molar-refractivity contribution >= 4 is 11.8 Å². The molecule has 6 nitrogen and oxygen atoms in total. The van der Waals surface area contributed by atoms with E-state index in [1.54, 1.807) is 0 Å². The van der Waals surface area contributed by atoms with Gasteiger partial charge in [-0.3, -0.25) is 9.59 Å². The minimum absolute atomic E-state index is 0.00708. The molecule has 0 radical (unpaired) electrons. The zero-order chi connectivity index (χ0) is 22.3. The summed E-state index contributed by atoms with van der Waals surface area (Å²) in [5, 5.41) is 0. The molecule has 0 unspecified atom stereocenters. The van der Waals surface area contributed by atoms with E-state index in [1.807, 2.05) is 70.5 Å². The fourth-order valence-electron chi connectivity index (χ4n) is 4.55. The van der Waals surface area contributed by atoms with Crippen LogP contribution in [0.1, 0.15) is 30.1 Å². The number of piperidine rings is 1. The maximum Gasteiger partial charge on any atom is 0.248 e. The van der Waals surface area contributed by atoms with Crippen LogP contribution in [-0.2, 0) is 14.3 Å². The van der Waals surface area contributed by atoms with Crippen LogP contribution in [0.25, 0.3) is 0 Å². The van der Waals surface area contributed by atoms with Crippen molar-refractivity contribution in [3.05, 3.63) is 71.8 Å². The molecule has 2 saturated heterocycles. The number of likely N-dealkylation sites (N-methyl/N-ethyl adjacent to an activating group) is 1. The van der Waals surface area contributed by atoms with Crippen LogP contribution in [0.5, 0.6) is 0 Å². The van der Waals surface area contributed by atoms with Gasteiger partial charge in [0.15, 0.2) is 0 Å². The molecule has 2 aromatic carbocycles. The Balaban J connectivity index is 1.30. The first-order chi connectivity index (χ1) is 15.6. The minimum Gasteiger partial charge on any atom is -0.359 e. The van der Waals surface area contributed by atoms with Crippen LogP contribution in [0, 0.1) is 5.92 Å². The molecule has 0 aliphatic carbocycles. The van der Waals surface area contributed by atoms with Gasteiger partial charge in [-0.05, 0) is 31.0 Å². The Hall–Kier alpha value is -2.70.